The molecular weight excluding hydrogens is 410 g/mol. The maximum absolute atomic E-state index is 9.55. The van der Waals surface area contributed by atoms with Crippen LogP contribution in [0.25, 0.3) is 11.5 Å². The first-order chi connectivity index (χ1) is 6.68. The van der Waals surface area contributed by atoms with Gasteiger partial charge in [-0.1, -0.05) is 0 Å². The molecule has 1 heterocycles. The monoisotopic (exact) mass is 414 g/mol. The first-order valence-electron chi connectivity index (χ1n) is 3.63. The lowest BCUT2D eigenvalue weighted by Gasteiger charge is -2.02. The average molecular weight is 414 g/mol. The van der Waals surface area contributed by atoms with Crippen molar-refractivity contribution >= 4 is 45.2 Å². The Morgan fingerprint density at radius 2 is 1.86 bits per heavy atom. The Morgan fingerprint density at radius 1 is 1.21 bits per heavy atom. The van der Waals surface area contributed by atoms with Crippen LogP contribution in [0.4, 0.5) is 0 Å². The van der Waals surface area contributed by atoms with Gasteiger partial charge in [0, 0.05) is 5.56 Å². The summed E-state index contributed by atoms with van der Waals surface area (Å²) in [6.07, 6.45) is 1.28. The van der Waals surface area contributed by atoms with Crippen molar-refractivity contribution in [1.82, 2.24) is 10.2 Å². The number of benzene rings is 1. The third-order valence-electron chi connectivity index (χ3n) is 1.62. The Kier molecular flexibility index (Phi) is 2.91. The van der Waals surface area contributed by atoms with Crippen LogP contribution in [-0.4, -0.2) is 15.3 Å². The Labute approximate surface area is 107 Å². The fourth-order valence-corrected chi connectivity index (χ4v) is 2.76. The Morgan fingerprint density at radius 3 is 2.36 bits per heavy atom. The van der Waals surface area contributed by atoms with Gasteiger partial charge in [-0.2, -0.15) is 0 Å². The molecule has 14 heavy (non-hydrogen) atoms. The highest BCUT2D eigenvalue weighted by atomic mass is 127. The topological polar surface area (TPSA) is 59.2 Å². The highest BCUT2D eigenvalue weighted by molar-refractivity contribution is 14.1. The summed E-state index contributed by atoms with van der Waals surface area (Å²) in [7, 11) is 0. The van der Waals surface area contributed by atoms with Crippen molar-refractivity contribution in [3.63, 3.8) is 0 Å². The lowest BCUT2D eigenvalue weighted by Crippen LogP contribution is -1.84. The van der Waals surface area contributed by atoms with Crippen molar-refractivity contribution in [2.24, 2.45) is 0 Å². The maximum atomic E-state index is 9.55. The lowest BCUT2D eigenvalue weighted by molar-refractivity contribution is 0.467. The first-order valence-corrected chi connectivity index (χ1v) is 5.79. The van der Waals surface area contributed by atoms with E-state index in [4.69, 9.17) is 4.42 Å². The van der Waals surface area contributed by atoms with Gasteiger partial charge in [-0.05, 0) is 57.3 Å². The summed E-state index contributed by atoms with van der Waals surface area (Å²) in [6, 6.07) is 3.59. The van der Waals surface area contributed by atoms with Gasteiger partial charge in [0.05, 0.1) is 7.14 Å². The molecule has 0 atom stereocenters. The Hall–Kier alpha value is -0.380. The van der Waals surface area contributed by atoms with Crippen molar-refractivity contribution in [3.8, 4) is 17.2 Å². The zero-order valence-electron chi connectivity index (χ0n) is 6.74. The third kappa shape index (κ3) is 1.85. The number of phenols is 1. The Balaban J connectivity index is 2.57. The molecule has 0 fully saturated rings. The highest BCUT2D eigenvalue weighted by Crippen LogP contribution is 2.30. The van der Waals surface area contributed by atoms with E-state index >= 15 is 0 Å². The van der Waals surface area contributed by atoms with Crippen LogP contribution in [0.2, 0.25) is 0 Å². The summed E-state index contributed by atoms with van der Waals surface area (Å²) in [5.41, 5.74) is 0.814. The van der Waals surface area contributed by atoms with Crippen LogP contribution in [-0.2, 0) is 0 Å². The van der Waals surface area contributed by atoms with E-state index in [-0.39, 0.29) is 5.75 Å². The van der Waals surface area contributed by atoms with Crippen molar-refractivity contribution in [3.05, 3.63) is 25.7 Å². The molecule has 0 amide bonds. The van der Waals surface area contributed by atoms with Gasteiger partial charge in [0.25, 0.3) is 0 Å². The summed E-state index contributed by atoms with van der Waals surface area (Å²) in [5, 5.41) is 16.9. The molecule has 2 rings (SSSR count). The molecule has 1 N–H and O–H groups in total. The molecule has 0 saturated heterocycles. The number of nitrogens with zero attached hydrogens (tertiary/aromatic N) is 2. The normalized spacial score (nSPS) is 10.4. The number of phenolic OH excluding ortho intramolecular Hbond substituents is 1. The quantitative estimate of drug-likeness (QED) is 0.730. The van der Waals surface area contributed by atoms with Crippen LogP contribution < -0.4 is 0 Å². The predicted molar refractivity (Wildman–Crippen MR) is 66.8 cm³/mol. The summed E-state index contributed by atoms with van der Waals surface area (Å²) < 4.78 is 6.59. The van der Waals surface area contributed by atoms with Gasteiger partial charge in [-0.3, -0.25) is 0 Å². The van der Waals surface area contributed by atoms with Gasteiger partial charge in [-0.25, -0.2) is 0 Å². The molecule has 0 saturated carbocycles. The summed E-state index contributed by atoms with van der Waals surface area (Å²) in [4.78, 5) is 0. The number of hydrogen-bond donors (Lipinski definition) is 1. The zero-order valence-corrected chi connectivity index (χ0v) is 11.1. The molecule has 0 aliphatic heterocycles. The van der Waals surface area contributed by atoms with Gasteiger partial charge >= 0.3 is 0 Å². The smallest absolute Gasteiger partial charge is 0.247 e. The van der Waals surface area contributed by atoms with E-state index in [1.165, 1.54) is 6.39 Å². The van der Waals surface area contributed by atoms with Crippen molar-refractivity contribution in [2.75, 3.05) is 0 Å². The van der Waals surface area contributed by atoms with E-state index < -0.39 is 0 Å². The fourth-order valence-electron chi connectivity index (χ4n) is 0.988. The van der Waals surface area contributed by atoms with Crippen molar-refractivity contribution in [2.45, 2.75) is 0 Å². The second-order valence-electron chi connectivity index (χ2n) is 2.53. The average Bonchev–Trinajstić information content (AvgIpc) is 2.66. The van der Waals surface area contributed by atoms with Crippen LogP contribution in [0.15, 0.2) is 22.9 Å². The van der Waals surface area contributed by atoms with Crippen molar-refractivity contribution in [1.29, 1.82) is 0 Å². The lowest BCUT2D eigenvalue weighted by atomic mass is 10.2. The first kappa shape index (κ1) is 10.1. The minimum atomic E-state index is 0.287. The molecule has 0 bridgehead atoms. The molecule has 72 valence electrons. The SMILES string of the molecule is Oc1c(I)cc(-c2nnco2)cc1I. The van der Waals surface area contributed by atoms with Gasteiger partial charge in [0.2, 0.25) is 12.3 Å². The van der Waals surface area contributed by atoms with E-state index in [1.807, 2.05) is 0 Å². The fraction of sp³-hybridized carbons (Fsp3) is 0. The highest BCUT2D eigenvalue weighted by Gasteiger charge is 2.10. The van der Waals surface area contributed by atoms with Gasteiger partial charge in [-0.15, -0.1) is 10.2 Å². The molecule has 1 aromatic heterocycles. The standard InChI is InChI=1S/C8H4I2N2O2/c9-5-1-4(2-6(10)7(5)13)8-12-11-3-14-8/h1-3,13H. The molecular formula is C8H4I2N2O2. The molecule has 2 aromatic rings. The second kappa shape index (κ2) is 4.01. The van der Waals surface area contributed by atoms with Crippen molar-refractivity contribution < 1.29 is 9.52 Å². The molecule has 0 radical (unpaired) electrons. The molecule has 4 nitrogen and oxygen atoms in total. The van der Waals surface area contributed by atoms with Crippen LogP contribution in [0, 0.1) is 7.14 Å². The Bertz CT molecular complexity index is 433. The second-order valence-corrected chi connectivity index (χ2v) is 4.86. The third-order valence-corrected chi connectivity index (χ3v) is 3.27. The molecule has 0 unspecified atom stereocenters. The van der Waals surface area contributed by atoms with E-state index in [0.29, 0.717) is 5.89 Å². The van der Waals surface area contributed by atoms with E-state index in [9.17, 15) is 5.11 Å². The number of halogens is 2. The van der Waals surface area contributed by atoms with E-state index in [2.05, 4.69) is 55.4 Å². The van der Waals surface area contributed by atoms with Crippen LogP contribution in [0.1, 0.15) is 0 Å². The van der Waals surface area contributed by atoms with Crippen LogP contribution in [0.5, 0.6) is 5.75 Å². The molecule has 6 heteroatoms. The molecule has 0 aliphatic rings. The summed E-state index contributed by atoms with van der Waals surface area (Å²) >= 11 is 4.11. The van der Waals surface area contributed by atoms with E-state index in [1.54, 1.807) is 12.1 Å². The number of aromatic hydroxyl groups is 1. The van der Waals surface area contributed by atoms with Gasteiger partial charge in [0.1, 0.15) is 5.75 Å². The number of aromatic nitrogens is 2. The van der Waals surface area contributed by atoms with Gasteiger partial charge < -0.3 is 9.52 Å². The largest absolute Gasteiger partial charge is 0.506 e. The molecule has 0 spiro atoms. The number of hydrogen-bond acceptors (Lipinski definition) is 4. The van der Waals surface area contributed by atoms with Crippen LogP contribution >= 0.6 is 45.2 Å². The van der Waals surface area contributed by atoms with Crippen LogP contribution in [0.3, 0.4) is 0 Å². The maximum Gasteiger partial charge on any atom is 0.247 e. The van der Waals surface area contributed by atoms with E-state index in [0.717, 1.165) is 12.7 Å². The number of rotatable bonds is 1. The minimum absolute atomic E-state index is 0.287. The summed E-state index contributed by atoms with van der Waals surface area (Å²) in [6.45, 7) is 0. The predicted octanol–water partition coefficient (Wildman–Crippen LogP) is 2.65. The summed E-state index contributed by atoms with van der Waals surface area (Å²) in [5.74, 6) is 0.746. The minimum Gasteiger partial charge on any atom is -0.506 e. The van der Waals surface area contributed by atoms with Gasteiger partial charge in [0.15, 0.2) is 0 Å². The molecule has 0 aliphatic carbocycles. The zero-order chi connectivity index (χ0) is 10.1. The molecule has 1 aromatic carbocycles.